The Morgan fingerprint density at radius 3 is 2.52 bits per heavy atom. The zero-order valence-corrected chi connectivity index (χ0v) is 11.5. The molecule has 0 radical (unpaired) electrons. The van der Waals surface area contributed by atoms with Crippen LogP contribution in [0, 0.1) is 0 Å². The normalized spacial score (nSPS) is 10.5. The largest absolute Gasteiger partial charge is 0.435 e. The van der Waals surface area contributed by atoms with E-state index in [1.165, 1.54) is 18.5 Å². The number of hydrogen-bond donors (Lipinski definition) is 2. The van der Waals surface area contributed by atoms with Crippen LogP contribution in [-0.2, 0) is 0 Å². The summed E-state index contributed by atoms with van der Waals surface area (Å²) in [6.45, 7) is 0.0739. The Hall–Kier alpha value is -2.44. The highest BCUT2D eigenvalue weighted by molar-refractivity contribution is 5.59. The summed E-state index contributed by atoms with van der Waals surface area (Å²) in [6, 6.07) is 7.98. The molecule has 112 valence electrons. The lowest BCUT2D eigenvalue weighted by Crippen LogP contribution is -2.03. The van der Waals surface area contributed by atoms with Crippen molar-refractivity contribution in [3.63, 3.8) is 0 Å². The maximum Gasteiger partial charge on any atom is 0.387 e. The first kappa shape index (κ1) is 15.0. The summed E-state index contributed by atoms with van der Waals surface area (Å²) in [6.07, 6.45) is 2.45. The molecule has 0 spiro atoms. The van der Waals surface area contributed by atoms with Crippen molar-refractivity contribution < 1.29 is 13.5 Å². The standard InChI is InChI=1S/C14H16F2N4O/c1-2-7-17-12-8-13(19-9-18-12)20-10-3-5-11(6-4-10)21-14(15)16/h3-6,8-9,14H,2,7H2,1H3,(H2,17,18,19,20). The Morgan fingerprint density at radius 2 is 1.86 bits per heavy atom. The van der Waals surface area contributed by atoms with Crippen molar-refractivity contribution in [1.29, 1.82) is 0 Å². The van der Waals surface area contributed by atoms with E-state index in [9.17, 15) is 8.78 Å². The Labute approximate surface area is 121 Å². The Balaban J connectivity index is 2.00. The van der Waals surface area contributed by atoms with Crippen molar-refractivity contribution in [3.05, 3.63) is 36.7 Å². The van der Waals surface area contributed by atoms with E-state index in [-0.39, 0.29) is 5.75 Å². The predicted molar refractivity (Wildman–Crippen MR) is 77.2 cm³/mol. The van der Waals surface area contributed by atoms with Gasteiger partial charge in [0.25, 0.3) is 0 Å². The van der Waals surface area contributed by atoms with Crippen molar-refractivity contribution in [2.75, 3.05) is 17.2 Å². The molecule has 0 amide bonds. The Bertz CT molecular complexity index is 563. The number of nitrogens with one attached hydrogen (secondary N) is 2. The van der Waals surface area contributed by atoms with Gasteiger partial charge in [-0.25, -0.2) is 9.97 Å². The molecular formula is C14H16F2N4O. The van der Waals surface area contributed by atoms with E-state index in [0.717, 1.165) is 24.5 Å². The van der Waals surface area contributed by atoms with E-state index in [1.807, 2.05) is 0 Å². The van der Waals surface area contributed by atoms with Gasteiger partial charge < -0.3 is 15.4 Å². The van der Waals surface area contributed by atoms with Gasteiger partial charge in [-0.1, -0.05) is 6.92 Å². The number of anilines is 3. The first-order valence-electron chi connectivity index (χ1n) is 6.55. The topological polar surface area (TPSA) is 59.1 Å². The molecular weight excluding hydrogens is 278 g/mol. The fraction of sp³-hybridized carbons (Fsp3) is 0.286. The second-order valence-electron chi connectivity index (χ2n) is 4.24. The van der Waals surface area contributed by atoms with Gasteiger partial charge in [0.15, 0.2) is 0 Å². The first-order valence-corrected chi connectivity index (χ1v) is 6.55. The van der Waals surface area contributed by atoms with Crippen molar-refractivity contribution >= 4 is 17.3 Å². The molecule has 21 heavy (non-hydrogen) atoms. The Kier molecular flexibility index (Phi) is 5.25. The van der Waals surface area contributed by atoms with Crippen molar-refractivity contribution in [3.8, 4) is 5.75 Å². The van der Waals surface area contributed by atoms with Gasteiger partial charge in [-0.3, -0.25) is 0 Å². The molecule has 0 aliphatic heterocycles. The number of rotatable bonds is 7. The summed E-state index contributed by atoms with van der Waals surface area (Å²) in [5, 5.41) is 6.22. The lowest BCUT2D eigenvalue weighted by atomic mass is 10.3. The number of nitrogens with zero attached hydrogens (tertiary/aromatic N) is 2. The number of aromatic nitrogens is 2. The molecule has 1 aromatic carbocycles. The maximum absolute atomic E-state index is 12.1. The van der Waals surface area contributed by atoms with Gasteiger partial charge in [0.2, 0.25) is 0 Å². The molecule has 5 nitrogen and oxygen atoms in total. The molecule has 0 saturated carbocycles. The minimum Gasteiger partial charge on any atom is -0.435 e. The summed E-state index contributed by atoms with van der Waals surface area (Å²) in [4.78, 5) is 8.20. The lowest BCUT2D eigenvalue weighted by Gasteiger charge is -2.09. The number of benzene rings is 1. The average Bonchev–Trinajstić information content (AvgIpc) is 2.47. The number of hydrogen-bond acceptors (Lipinski definition) is 5. The fourth-order valence-corrected chi connectivity index (χ4v) is 1.64. The Morgan fingerprint density at radius 1 is 1.14 bits per heavy atom. The van der Waals surface area contributed by atoms with Crippen molar-refractivity contribution in [2.24, 2.45) is 0 Å². The van der Waals surface area contributed by atoms with Crippen LogP contribution in [0.3, 0.4) is 0 Å². The van der Waals surface area contributed by atoms with Crippen LogP contribution in [0.15, 0.2) is 36.7 Å². The molecule has 2 aromatic rings. The smallest absolute Gasteiger partial charge is 0.387 e. The zero-order valence-electron chi connectivity index (χ0n) is 11.5. The van der Waals surface area contributed by atoms with Crippen LogP contribution < -0.4 is 15.4 Å². The SMILES string of the molecule is CCCNc1cc(Nc2ccc(OC(F)F)cc2)ncn1. The van der Waals surface area contributed by atoms with Crippen LogP contribution in [0.1, 0.15) is 13.3 Å². The zero-order chi connectivity index (χ0) is 15.1. The second-order valence-corrected chi connectivity index (χ2v) is 4.24. The summed E-state index contributed by atoms with van der Waals surface area (Å²) in [7, 11) is 0. The van der Waals surface area contributed by atoms with Gasteiger partial charge in [0, 0.05) is 18.3 Å². The molecule has 0 atom stereocenters. The van der Waals surface area contributed by atoms with E-state index < -0.39 is 6.61 Å². The minimum absolute atomic E-state index is 0.114. The van der Waals surface area contributed by atoms with Crippen LogP contribution in [-0.4, -0.2) is 23.1 Å². The van der Waals surface area contributed by atoms with Crippen LogP contribution in [0.25, 0.3) is 0 Å². The third kappa shape index (κ3) is 4.87. The molecule has 2 rings (SSSR count). The van der Waals surface area contributed by atoms with E-state index in [0.29, 0.717) is 5.82 Å². The van der Waals surface area contributed by atoms with Crippen LogP contribution in [0.4, 0.5) is 26.1 Å². The van der Waals surface area contributed by atoms with Crippen LogP contribution >= 0.6 is 0 Å². The van der Waals surface area contributed by atoms with Gasteiger partial charge in [0.05, 0.1) is 0 Å². The van der Waals surface area contributed by atoms with Gasteiger partial charge in [0.1, 0.15) is 23.7 Å². The molecule has 0 saturated heterocycles. The maximum atomic E-state index is 12.1. The summed E-state index contributed by atoms with van der Waals surface area (Å²) in [5.41, 5.74) is 0.719. The fourth-order valence-electron chi connectivity index (χ4n) is 1.64. The monoisotopic (exact) mass is 294 g/mol. The van der Waals surface area contributed by atoms with Gasteiger partial charge in [-0.05, 0) is 30.7 Å². The third-order valence-electron chi connectivity index (χ3n) is 2.58. The van der Waals surface area contributed by atoms with Gasteiger partial charge in [-0.15, -0.1) is 0 Å². The van der Waals surface area contributed by atoms with Gasteiger partial charge in [-0.2, -0.15) is 8.78 Å². The van der Waals surface area contributed by atoms with E-state index in [1.54, 1.807) is 18.2 Å². The quantitative estimate of drug-likeness (QED) is 0.816. The minimum atomic E-state index is -2.82. The van der Waals surface area contributed by atoms with Crippen molar-refractivity contribution in [2.45, 2.75) is 20.0 Å². The highest BCUT2D eigenvalue weighted by atomic mass is 19.3. The van der Waals surface area contributed by atoms with E-state index >= 15 is 0 Å². The molecule has 1 heterocycles. The number of alkyl halides is 2. The predicted octanol–water partition coefficient (Wildman–Crippen LogP) is 3.64. The average molecular weight is 294 g/mol. The van der Waals surface area contributed by atoms with E-state index in [2.05, 4.69) is 32.3 Å². The molecule has 7 heteroatoms. The molecule has 2 N–H and O–H groups in total. The first-order chi connectivity index (χ1) is 10.2. The summed E-state index contributed by atoms with van der Waals surface area (Å²) < 4.78 is 28.4. The molecule has 0 aliphatic rings. The highest BCUT2D eigenvalue weighted by Gasteiger charge is 2.04. The van der Waals surface area contributed by atoms with Crippen LogP contribution in [0.2, 0.25) is 0 Å². The molecule has 0 aliphatic carbocycles. The highest BCUT2D eigenvalue weighted by Crippen LogP contribution is 2.20. The third-order valence-corrected chi connectivity index (χ3v) is 2.58. The molecule has 0 bridgehead atoms. The van der Waals surface area contributed by atoms with Crippen molar-refractivity contribution in [1.82, 2.24) is 9.97 Å². The summed E-state index contributed by atoms with van der Waals surface area (Å²) >= 11 is 0. The number of ether oxygens (including phenoxy) is 1. The van der Waals surface area contributed by atoms with E-state index in [4.69, 9.17) is 0 Å². The second kappa shape index (κ2) is 7.37. The molecule has 0 unspecified atom stereocenters. The van der Waals surface area contributed by atoms with Gasteiger partial charge >= 0.3 is 6.61 Å². The lowest BCUT2D eigenvalue weighted by molar-refractivity contribution is -0.0498. The summed E-state index contributed by atoms with van der Waals surface area (Å²) in [5.74, 6) is 1.46. The molecule has 1 aromatic heterocycles. The van der Waals surface area contributed by atoms with Crippen LogP contribution in [0.5, 0.6) is 5.75 Å². The molecule has 0 fully saturated rings. The number of halogens is 2.